The molecule has 0 aliphatic heterocycles. The van der Waals surface area contributed by atoms with Gasteiger partial charge in [0.1, 0.15) is 11.9 Å². The normalized spacial score (nSPS) is 13.5. The molecule has 1 atom stereocenters. The number of nitrogens with two attached hydrogens (primary N) is 1. The van der Waals surface area contributed by atoms with Gasteiger partial charge in [-0.05, 0) is 41.1 Å². The van der Waals surface area contributed by atoms with Crippen LogP contribution in [0, 0.1) is 0 Å². The van der Waals surface area contributed by atoms with Crippen LogP contribution in [-0.4, -0.2) is 30.9 Å². The first-order chi connectivity index (χ1) is 8.08. The van der Waals surface area contributed by atoms with E-state index in [2.05, 4.69) is 21.1 Å². The van der Waals surface area contributed by atoms with Crippen LogP contribution in [0.2, 0.25) is 0 Å². The van der Waals surface area contributed by atoms with Crippen LogP contribution in [0.3, 0.4) is 0 Å². The first kappa shape index (κ1) is 13.8. The second-order valence-corrected chi connectivity index (χ2v) is 4.37. The van der Waals surface area contributed by atoms with Crippen molar-refractivity contribution in [3.8, 4) is 5.75 Å². The number of halogens is 1. The van der Waals surface area contributed by atoms with E-state index in [9.17, 15) is 0 Å². The molecule has 3 N–H and O–H groups in total. The maximum Gasteiger partial charge on any atom is 0.171 e. The molecule has 0 saturated heterocycles. The molecule has 1 aromatic carbocycles. The summed E-state index contributed by atoms with van der Waals surface area (Å²) in [5.41, 5.74) is 6.11. The van der Waals surface area contributed by atoms with Gasteiger partial charge in [0.15, 0.2) is 5.84 Å². The highest BCUT2D eigenvalue weighted by Gasteiger charge is 2.08. The average molecular weight is 303 g/mol. The Morgan fingerprint density at radius 2 is 2.29 bits per heavy atom. The van der Waals surface area contributed by atoms with Gasteiger partial charge in [0.25, 0.3) is 0 Å². The summed E-state index contributed by atoms with van der Waals surface area (Å²) in [6.07, 6.45) is -0.0402. The molecule has 1 unspecified atom stereocenters. The second kappa shape index (κ2) is 6.46. The van der Waals surface area contributed by atoms with Crippen LogP contribution in [0.15, 0.2) is 27.8 Å². The molecule has 0 spiro atoms. The summed E-state index contributed by atoms with van der Waals surface area (Å²) in [5.74, 6) is 0.740. The Labute approximate surface area is 108 Å². The number of ether oxygens (including phenoxy) is 2. The molecule has 0 radical (unpaired) electrons. The summed E-state index contributed by atoms with van der Waals surface area (Å²) in [4.78, 5) is 0. The van der Waals surface area contributed by atoms with Crippen LogP contribution >= 0.6 is 15.9 Å². The first-order valence-electron chi connectivity index (χ1n) is 5.01. The summed E-state index contributed by atoms with van der Waals surface area (Å²) >= 11 is 3.33. The maximum absolute atomic E-state index is 8.59. The first-order valence-corrected chi connectivity index (χ1v) is 5.80. The van der Waals surface area contributed by atoms with Gasteiger partial charge in [-0.3, -0.25) is 0 Å². The predicted octanol–water partition coefficient (Wildman–Crippen LogP) is 1.96. The van der Waals surface area contributed by atoms with E-state index in [0.717, 1.165) is 0 Å². The molecule has 0 heterocycles. The minimum atomic E-state index is -0.0402. The number of oxime groups is 1. The number of benzene rings is 1. The Balaban J connectivity index is 2.82. The molecule has 17 heavy (non-hydrogen) atoms. The lowest BCUT2D eigenvalue weighted by Gasteiger charge is -2.14. The minimum Gasteiger partial charge on any atom is -0.488 e. The molecule has 5 nitrogen and oxygen atoms in total. The van der Waals surface area contributed by atoms with Crippen LogP contribution in [0.1, 0.15) is 12.5 Å². The van der Waals surface area contributed by atoms with E-state index in [4.69, 9.17) is 20.4 Å². The molecule has 0 fully saturated rings. The van der Waals surface area contributed by atoms with Gasteiger partial charge in [-0.2, -0.15) is 0 Å². The predicted molar refractivity (Wildman–Crippen MR) is 68.6 cm³/mol. The SMILES string of the molecule is COCC(C)Oc1ccc(/C(N)=N/O)c(Br)c1. The molecule has 0 amide bonds. The van der Waals surface area contributed by atoms with Crippen molar-refractivity contribution in [3.63, 3.8) is 0 Å². The van der Waals surface area contributed by atoms with E-state index in [1.54, 1.807) is 25.3 Å². The van der Waals surface area contributed by atoms with Crippen LogP contribution in [-0.2, 0) is 4.74 Å². The van der Waals surface area contributed by atoms with Crippen molar-refractivity contribution in [2.75, 3.05) is 13.7 Å². The summed E-state index contributed by atoms with van der Waals surface area (Å²) in [7, 11) is 1.62. The third kappa shape index (κ3) is 3.90. The monoisotopic (exact) mass is 302 g/mol. The maximum atomic E-state index is 8.59. The Morgan fingerprint density at radius 1 is 1.59 bits per heavy atom. The zero-order chi connectivity index (χ0) is 12.8. The van der Waals surface area contributed by atoms with Gasteiger partial charge in [0.05, 0.1) is 6.61 Å². The second-order valence-electron chi connectivity index (χ2n) is 3.51. The molecule has 1 aromatic rings. The van der Waals surface area contributed by atoms with Gasteiger partial charge in [0, 0.05) is 17.1 Å². The van der Waals surface area contributed by atoms with Gasteiger partial charge in [-0.15, -0.1) is 0 Å². The van der Waals surface area contributed by atoms with E-state index in [1.165, 1.54) is 0 Å². The molecule has 0 bridgehead atoms. The number of amidine groups is 1. The molecule has 0 aromatic heterocycles. The highest BCUT2D eigenvalue weighted by atomic mass is 79.9. The van der Waals surface area contributed by atoms with E-state index in [1.807, 2.05) is 6.92 Å². The molecule has 0 aliphatic rings. The highest BCUT2D eigenvalue weighted by molar-refractivity contribution is 9.10. The fraction of sp³-hybridized carbons (Fsp3) is 0.364. The van der Waals surface area contributed by atoms with Crippen molar-refractivity contribution in [3.05, 3.63) is 28.2 Å². The molecular formula is C11H15BrN2O3. The summed E-state index contributed by atoms with van der Waals surface area (Å²) in [5, 5.41) is 11.5. The number of hydrogen-bond donors (Lipinski definition) is 2. The molecule has 1 rings (SSSR count). The number of hydrogen-bond acceptors (Lipinski definition) is 4. The Hall–Kier alpha value is -1.27. The standard InChI is InChI=1S/C11H15BrN2O3/c1-7(6-16-2)17-8-3-4-9(10(12)5-8)11(13)14-15/h3-5,7,15H,6H2,1-2H3,(H2,13,14). The van der Waals surface area contributed by atoms with E-state index >= 15 is 0 Å². The van der Waals surface area contributed by atoms with Crippen LogP contribution < -0.4 is 10.5 Å². The third-order valence-corrected chi connectivity index (χ3v) is 2.72. The average Bonchev–Trinajstić information content (AvgIpc) is 2.28. The summed E-state index contributed by atoms with van der Waals surface area (Å²) < 4.78 is 11.3. The summed E-state index contributed by atoms with van der Waals surface area (Å²) in [6, 6.07) is 5.23. The number of methoxy groups -OCH3 is 1. The number of nitrogens with zero attached hydrogens (tertiary/aromatic N) is 1. The lowest BCUT2D eigenvalue weighted by atomic mass is 10.2. The third-order valence-electron chi connectivity index (χ3n) is 2.06. The quantitative estimate of drug-likeness (QED) is 0.377. The van der Waals surface area contributed by atoms with Gasteiger partial charge in [-0.25, -0.2) is 0 Å². The van der Waals surface area contributed by atoms with Crippen LogP contribution in [0.4, 0.5) is 0 Å². The van der Waals surface area contributed by atoms with E-state index in [0.29, 0.717) is 22.4 Å². The van der Waals surface area contributed by atoms with Gasteiger partial charge in [-0.1, -0.05) is 5.16 Å². The lowest BCUT2D eigenvalue weighted by molar-refractivity contribution is 0.0920. The van der Waals surface area contributed by atoms with Crippen molar-refractivity contribution < 1.29 is 14.7 Å². The minimum absolute atomic E-state index is 0.0402. The van der Waals surface area contributed by atoms with Crippen molar-refractivity contribution in [1.82, 2.24) is 0 Å². The lowest BCUT2D eigenvalue weighted by Crippen LogP contribution is -2.18. The fourth-order valence-electron chi connectivity index (χ4n) is 1.33. The molecular weight excluding hydrogens is 288 g/mol. The van der Waals surface area contributed by atoms with Crippen molar-refractivity contribution in [2.45, 2.75) is 13.0 Å². The van der Waals surface area contributed by atoms with E-state index in [-0.39, 0.29) is 11.9 Å². The van der Waals surface area contributed by atoms with Crippen LogP contribution in [0.25, 0.3) is 0 Å². The molecule has 0 saturated carbocycles. The Bertz CT molecular complexity index is 410. The van der Waals surface area contributed by atoms with Gasteiger partial charge < -0.3 is 20.4 Å². The largest absolute Gasteiger partial charge is 0.488 e. The highest BCUT2D eigenvalue weighted by Crippen LogP contribution is 2.23. The molecule has 0 aliphatic carbocycles. The van der Waals surface area contributed by atoms with Crippen LogP contribution in [0.5, 0.6) is 5.75 Å². The smallest absolute Gasteiger partial charge is 0.171 e. The zero-order valence-electron chi connectivity index (χ0n) is 9.68. The molecule has 94 valence electrons. The summed E-state index contributed by atoms with van der Waals surface area (Å²) in [6.45, 7) is 2.43. The van der Waals surface area contributed by atoms with Gasteiger partial charge in [0.2, 0.25) is 0 Å². The van der Waals surface area contributed by atoms with Gasteiger partial charge >= 0.3 is 0 Å². The van der Waals surface area contributed by atoms with Crippen molar-refractivity contribution in [1.29, 1.82) is 0 Å². The van der Waals surface area contributed by atoms with Crippen molar-refractivity contribution in [2.24, 2.45) is 10.9 Å². The van der Waals surface area contributed by atoms with E-state index < -0.39 is 0 Å². The molecule has 6 heteroatoms. The fourth-order valence-corrected chi connectivity index (χ4v) is 1.89. The topological polar surface area (TPSA) is 77.1 Å². The van der Waals surface area contributed by atoms with Crippen molar-refractivity contribution >= 4 is 21.8 Å². The Morgan fingerprint density at radius 3 is 2.82 bits per heavy atom. The zero-order valence-corrected chi connectivity index (χ0v) is 11.3. The number of rotatable bonds is 5. The Kier molecular flexibility index (Phi) is 5.24.